The number of nitrogen functional groups attached to an aromatic ring is 1. The lowest BCUT2D eigenvalue weighted by molar-refractivity contribution is -0.468. The highest BCUT2D eigenvalue weighted by molar-refractivity contribution is 6.06. The second-order valence-electron chi connectivity index (χ2n) is 8.23. The summed E-state index contributed by atoms with van der Waals surface area (Å²) >= 11 is 0. The molecule has 1 unspecified atom stereocenters. The Bertz CT molecular complexity index is 1080. The van der Waals surface area contributed by atoms with Crippen LogP contribution in [-0.2, 0) is 23.9 Å². The van der Waals surface area contributed by atoms with Crippen molar-refractivity contribution >= 4 is 28.8 Å². The Morgan fingerprint density at radius 3 is 1.89 bits per heavy atom. The SMILES string of the molecule is CC(=O)C(O)[C@H]1O[C@](O)(Oc2ccc(N)cc2C(F)F)[C@@](O)(C(C)=O)[C@](O)(C(C)=O)[C@]1(O)C(C)=O. The van der Waals surface area contributed by atoms with Gasteiger partial charge in [-0.2, -0.15) is 0 Å². The number of aliphatic hydroxyl groups excluding tert-OH is 1. The molecule has 1 aromatic rings. The Hall–Kier alpha value is -2.88. The fraction of sp³-hybridized carbons (Fsp3) is 0.524. The Balaban J connectivity index is 2.98. The smallest absolute Gasteiger partial charge is 0.367 e. The van der Waals surface area contributed by atoms with E-state index in [0.717, 1.165) is 19.1 Å². The fourth-order valence-electron chi connectivity index (χ4n) is 4.09. The Morgan fingerprint density at radius 1 is 0.971 bits per heavy atom. The number of ketones is 4. The lowest BCUT2D eigenvalue weighted by atomic mass is 9.59. The lowest BCUT2D eigenvalue weighted by Crippen LogP contribution is -2.91. The van der Waals surface area contributed by atoms with E-state index in [9.17, 15) is 53.5 Å². The molecule has 1 fully saturated rings. The second-order valence-corrected chi connectivity index (χ2v) is 8.23. The molecule has 6 atom stereocenters. The van der Waals surface area contributed by atoms with Crippen LogP contribution < -0.4 is 10.5 Å². The molecule has 1 aliphatic heterocycles. The summed E-state index contributed by atoms with van der Waals surface area (Å²) in [4.78, 5) is 49.7. The molecule has 35 heavy (non-hydrogen) atoms. The van der Waals surface area contributed by atoms with Crippen LogP contribution in [0.2, 0.25) is 0 Å². The number of aliphatic hydroxyl groups is 5. The first kappa shape index (κ1) is 28.4. The monoisotopic (exact) mass is 505 g/mol. The first-order chi connectivity index (χ1) is 15.8. The van der Waals surface area contributed by atoms with Gasteiger partial charge in [-0.15, -0.1) is 0 Å². The van der Waals surface area contributed by atoms with Crippen LogP contribution in [0.3, 0.4) is 0 Å². The van der Waals surface area contributed by atoms with E-state index in [4.69, 9.17) is 15.2 Å². The number of anilines is 1. The third-order valence-corrected chi connectivity index (χ3v) is 6.01. The Morgan fingerprint density at radius 2 is 1.49 bits per heavy atom. The maximum Gasteiger partial charge on any atom is 0.367 e. The third kappa shape index (κ3) is 3.82. The molecule has 12 nitrogen and oxygen atoms in total. The minimum atomic E-state index is -4.08. The van der Waals surface area contributed by atoms with Gasteiger partial charge in [0.15, 0.2) is 28.7 Å². The second kappa shape index (κ2) is 8.96. The number of hydrogen-bond acceptors (Lipinski definition) is 12. The summed E-state index contributed by atoms with van der Waals surface area (Å²) < 4.78 is 37.2. The minimum Gasteiger partial charge on any atom is -0.436 e. The number of ether oxygens (including phenoxy) is 2. The molecule has 7 N–H and O–H groups in total. The van der Waals surface area contributed by atoms with Crippen molar-refractivity contribution in [3.8, 4) is 5.75 Å². The molecule has 0 aliphatic carbocycles. The zero-order chi connectivity index (χ0) is 27.3. The fourth-order valence-corrected chi connectivity index (χ4v) is 4.09. The first-order valence-corrected chi connectivity index (χ1v) is 9.98. The molecule has 194 valence electrons. The van der Waals surface area contributed by atoms with Crippen LogP contribution in [-0.4, -0.2) is 83.6 Å². The molecule has 1 aromatic carbocycles. The van der Waals surface area contributed by atoms with E-state index in [0.29, 0.717) is 26.8 Å². The van der Waals surface area contributed by atoms with Crippen LogP contribution in [0.1, 0.15) is 39.7 Å². The normalized spacial score (nSPS) is 33.8. The number of benzene rings is 1. The summed E-state index contributed by atoms with van der Waals surface area (Å²) in [5, 5.41) is 55.5. The van der Waals surface area contributed by atoms with Gasteiger partial charge in [0.25, 0.3) is 12.0 Å². The van der Waals surface area contributed by atoms with Gasteiger partial charge in [0.1, 0.15) is 18.0 Å². The summed E-state index contributed by atoms with van der Waals surface area (Å²) in [7, 11) is 0. The summed E-state index contributed by atoms with van der Waals surface area (Å²) in [6.07, 6.45) is -8.63. The molecule has 1 saturated heterocycles. The van der Waals surface area contributed by atoms with E-state index in [1.807, 2.05) is 0 Å². The summed E-state index contributed by atoms with van der Waals surface area (Å²) in [6, 6.07) is 2.46. The van der Waals surface area contributed by atoms with Crippen molar-refractivity contribution in [3.63, 3.8) is 0 Å². The van der Waals surface area contributed by atoms with E-state index in [1.165, 1.54) is 0 Å². The van der Waals surface area contributed by atoms with Gasteiger partial charge in [-0.1, -0.05) is 0 Å². The van der Waals surface area contributed by atoms with Gasteiger partial charge in [0.2, 0.25) is 5.60 Å². The highest BCUT2D eigenvalue weighted by Crippen LogP contribution is 2.52. The van der Waals surface area contributed by atoms with E-state index < -0.39 is 75.9 Å². The van der Waals surface area contributed by atoms with Crippen LogP contribution >= 0.6 is 0 Å². The molecular formula is C21H25F2NO11. The third-order valence-electron chi connectivity index (χ3n) is 6.01. The molecule has 1 aliphatic rings. The van der Waals surface area contributed by atoms with Crippen molar-refractivity contribution in [2.45, 2.75) is 69.1 Å². The first-order valence-electron chi connectivity index (χ1n) is 9.98. The van der Waals surface area contributed by atoms with Crippen LogP contribution in [0.15, 0.2) is 18.2 Å². The number of alkyl halides is 2. The molecule has 0 amide bonds. The highest BCUT2D eigenvalue weighted by atomic mass is 19.3. The molecule has 1 heterocycles. The Labute approximate surface area is 196 Å². The average molecular weight is 505 g/mol. The van der Waals surface area contributed by atoms with Gasteiger partial charge in [-0.25, -0.2) is 8.78 Å². The van der Waals surface area contributed by atoms with E-state index in [2.05, 4.69) is 0 Å². The molecule has 2 rings (SSSR count). The van der Waals surface area contributed by atoms with Crippen molar-refractivity contribution in [2.24, 2.45) is 0 Å². The topological polar surface area (TPSA) is 214 Å². The van der Waals surface area contributed by atoms with Crippen molar-refractivity contribution in [3.05, 3.63) is 23.8 Å². The van der Waals surface area contributed by atoms with E-state index in [1.54, 1.807) is 0 Å². The molecular weight excluding hydrogens is 480 g/mol. The van der Waals surface area contributed by atoms with Crippen molar-refractivity contribution in [1.82, 2.24) is 0 Å². The maximum atomic E-state index is 13.6. The molecule has 0 bridgehead atoms. The molecule has 0 saturated carbocycles. The quantitative estimate of drug-likeness (QED) is 0.177. The van der Waals surface area contributed by atoms with Crippen molar-refractivity contribution in [1.29, 1.82) is 0 Å². The van der Waals surface area contributed by atoms with E-state index >= 15 is 0 Å². The molecule has 0 radical (unpaired) electrons. The van der Waals surface area contributed by atoms with Crippen molar-refractivity contribution in [2.75, 3.05) is 5.73 Å². The Kier molecular flexibility index (Phi) is 7.26. The molecule has 0 aromatic heterocycles. The highest BCUT2D eigenvalue weighted by Gasteiger charge is 2.85. The van der Waals surface area contributed by atoms with Crippen LogP contribution in [0, 0.1) is 0 Å². The van der Waals surface area contributed by atoms with Gasteiger partial charge < -0.3 is 40.7 Å². The van der Waals surface area contributed by atoms with Crippen molar-refractivity contribution < 1.29 is 63.0 Å². The predicted octanol–water partition coefficient (Wildman–Crippen LogP) is -1.46. The van der Waals surface area contributed by atoms with Gasteiger partial charge in [-0.05, 0) is 45.9 Å². The standard InChI is InChI=1S/C21H25F2NO11/c1-8(25)15(29)16-18(30,9(2)26)19(31,10(3)27)20(32,11(4)28)21(33,35-16)34-14-6-5-12(24)7-13(14)17(22)23/h5-7,15-17,29-33H,24H2,1-4H3/t15?,16-,18+,19+,20-,21-/m1/s1. The summed E-state index contributed by atoms with van der Waals surface area (Å²) in [5.74, 6) is -11.3. The summed E-state index contributed by atoms with van der Waals surface area (Å²) in [5.41, 5.74) is -7.58. The number of carbonyl (C=O) groups excluding carboxylic acids is 4. The van der Waals surface area contributed by atoms with Gasteiger partial charge in [0.05, 0.1) is 5.56 Å². The zero-order valence-corrected chi connectivity index (χ0v) is 19.0. The van der Waals surface area contributed by atoms with Crippen LogP contribution in [0.4, 0.5) is 14.5 Å². The van der Waals surface area contributed by atoms with Gasteiger partial charge >= 0.3 is 5.97 Å². The van der Waals surface area contributed by atoms with Gasteiger partial charge in [0, 0.05) is 5.69 Å². The number of Topliss-reactive ketones (excluding diaryl/α,β-unsaturated/α-hetero) is 4. The van der Waals surface area contributed by atoms with Crippen LogP contribution in [0.5, 0.6) is 5.75 Å². The largest absolute Gasteiger partial charge is 0.436 e. The van der Waals surface area contributed by atoms with Gasteiger partial charge in [-0.3, -0.25) is 19.2 Å². The number of halogens is 2. The average Bonchev–Trinajstić information content (AvgIpc) is 2.74. The molecule has 0 spiro atoms. The number of rotatable bonds is 8. The zero-order valence-electron chi connectivity index (χ0n) is 19.0. The number of hydrogen-bond donors (Lipinski definition) is 6. The van der Waals surface area contributed by atoms with Crippen LogP contribution in [0.25, 0.3) is 0 Å². The summed E-state index contributed by atoms with van der Waals surface area (Å²) in [6.45, 7) is 2.29. The predicted molar refractivity (Wildman–Crippen MR) is 110 cm³/mol. The minimum absolute atomic E-state index is 0.192. The van der Waals surface area contributed by atoms with E-state index in [-0.39, 0.29) is 5.69 Å². The maximum absolute atomic E-state index is 13.6. The lowest BCUT2D eigenvalue weighted by Gasteiger charge is -2.60. The molecule has 14 heteroatoms. The number of nitrogens with two attached hydrogens (primary N) is 1. The number of carbonyl (C=O) groups is 4.